The predicted octanol–water partition coefficient (Wildman–Crippen LogP) is 4.09. The van der Waals surface area contributed by atoms with Crippen molar-refractivity contribution < 1.29 is 4.99 Å². The first-order chi connectivity index (χ1) is 25.2. The van der Waals surface area contributed by atoms with Crippen LogP contribution in [-0.2, 0) is 13.0 Å². The Morgan fingerprint density at radius 1 is 0.654 bits per heavy atom. The van der Waals surface area contributed by atoms with Crippen LogP contribution < -0.4 is 41.1 Å². The van der Waals surface area contributed by atoms with Crippen LogP contribution in [0.15, 0.2) is 134 Å². The second-order valence-electron chi connectivity index (χ2n) is 14.8. The summed E-state index contributed by atoms with van der Waals surface area (Å²) in [5.41, 5.74) is 7.49. The van der Waals surface area contributed by atoms with Crippen molar-refractivity contribution in [3.8, 4) is 0 Å². The number of nitrogens with one attached hydrogen (secondary N) is 1. The van der Waals surface area contributed by atoms with Crippen molar-refractivity contribution >= 4 is 58.7 Å². The molecule has 0 atom stereocenters. The number of rotatable bonds is 12. The maximum atomic E-state index is 4.69. The van der Waals surface area contributed by atoms with Gasteiger partial charge < -0.3 is 9.80 Å². The van der Waals surface area contributed by atoms with Gasteiger partial charge in [-0.1, -0.05) is 72.9 Å². The fourth-order valence-electron chi connectivity index (χ4n) is 7.75. The smallest absolute Gasteiger partial charge is 0.212 e. The van der Waals surface area contributed by atoms with Crippen molar-refractivity contribution in [1.82, 2.24) is 15.0 Å². The van der Waals surface area contributed by atoms with Crippen molar-refractivity contribution in [1.29, 1.82) is 0 Å². The number of nitrogens with zero attached hydrogens (tertiary/aromatic N) is 5. The first-order valence-electron chi connectivity index (χ1n) is 18.4. The van der Waals surface area contributed by atoms with Crippen LogP contribution >= 0.6 is 7.26 Å². The Morgan fingerprint density at radius 3 is 1.60 bits per heavy atom. The quantitative estimate of drug-likeness (QED) is 0.118. The summed E-state index contributed by atoms with van der Waals surface area (Å²) in [5, 5.41) is 16.5. The van der Waals surface area contributed by atoms with E-state index in [0.717, 1.165) is 37.8 Å². The summed E-state index contributed by atoms with van der Waals surface area (Å²) in [7, 11) is 4.64. The SMILES string of the molecule is CN(C)c1ccc2c(c1)[Si](C)(C)c1cc(N(C)C)ccc1C2=[NH+]CCCn1cc(CC[P+](c2ccccc2)(c2ccccc2)c2ccccc2)nn1. The van der Waals surface area contributed by atoms with E-state index in [4.69, 9.17) is 5.10 Å². The molecule has 0 aliphatic carbocycles. The van der Waals surface area contributed by atoms with Gasteiger partial charge in [-0.15, -0.1) is 5.10 Å². The highest BCUT2D eigenvalue weighted by Crippen LogP contribution is 2.55. The lowest BCUT2D eigenvalue weighted by Gasteiger charge is -2.34. The Labute approximate surface area is 311 Å². The van der Waals surface area contributed by atoms with Crippen LogP contribution in [0.4, 0.5) is 11.4 Å². The fourth-order valence-corrected chi connectivity index (χ4v) is 15.1. The van der Waals surface area contributed by atoms with Gasteiger partial charge in [0.2, 0.25) is 5.71 Å². The van der Waals surface area contributed by atoms with E-state index in [0.29, 0.717) is 0 Å². The third-order valence-electron chi connectivity index (χ3n) is 10.7. The van der Waals surface area contributed by atoms with E-state index in [9.17, 15) is 0 Å². The summed E-state index contributed by atoms with van der Waals surface area (Å²) in [6.07, 6.45) is 4.96. The minimum absolute atomic E-state index is 0.808. The van der Waals surface area contributed by atoms with E-state index in [1.54, 1.807) is 0 Å². The van der Waals surface area contributed by atoms with Crippen LogP contribution in [0.1, 0.15) is 23.2 Å². The number of anilines is 2. The number of fused-ring (bicyclic) bond motifs is 2. The van der Waals surface area contributed by atoms with E-state index in [1.807, 2.05) is 4.68 Å². The van der Waals surface area contributed by atoms with E-state index < -0.39 is 15.3 Å². The molecular weight excluding hydrogens is 672 g/mol. The Morgan fingerprint density at radius 2 is 1.13 bits per heavy atom. The zero-order valence-corrected chi connectivity index (χ0v) is 33.3. The summed E-state index contributed by atoms with van der Waals surface area (Å²) in [6.45, 7) is 6.64. The van der Waals surface area contributed by atoms with Gasteiger partial charge in [-0.05, 0) is 83.2 Å². The molecule has 6 nitrogen and oxygen atoms in total. The molecule has 6 aromatic rings. The molecule has 0 unspecified atom stereocenters. The van der Waals surface area contributed by atoms with Gasteiger partial charge in [-0.3, -0.25) is 4.68 Å². The number of aromatic nitrogens is 3. The Balaban J connectivity index is 1.11. The summed E-state index contributed by atoms with van der Waals surface area (Å²) >= 11 is 0. The second-order valence-corrected chi connectivity index (χ2v) is 22.7. The summed E-state index contributed by atoms with van der Waals surface area (Å²) < 4.78 is 2.03. The van der Waals surface area contributed by atoms with E-state index in [2.05, 4.69) is 195 Å². The molecule has 5 aromatic carbocycles. The average Bonchev–Trinajstić information content (AvgIpc) is 3.63. The zero-order chi connectivity index (χ0) is 36.3. The fraction of sp³-hybridized carbons (Fsp3) is 0.250. The normalized spacial score (nSPS) is 13.3. The molecule has 0 saturated carbocycles. The highest BCUT2D eigenvalue weighted by molar-refractivity contribution is 7.95. The number of aryl methyl sites for hydroxylation is 2. The molecule has 0 bridgehead atoms. The monoisotopic (exact) mass is 722 g/mol. The van der Waals surface area contributed by atoms with Crippen molar-refractivity contribution in [2.75, 3.05) is 50.7 Å². The van der Waals surface area contributed by atoms with Crippen molar-refractivity contribution in [3.63, 3.8) is 0 Å². The topological polar surface area (TPSA) is 51.2 Å². The first-order valence-corrected chi connectivity index (χ1v) is 23.3. The molecule has 1 aliphatic rings. The van der Waals surface area contributed by atoms with Crippen molar-refractivity contribution in [2.45, 2.75) is 32.5 Å². The molecule has 8 heteroatoms. The molecule has 2 heterocycles. The lowest BCUT2D eigenvalue weighted by Crippen LogP contribution is -2.77. The van der Waals surface area contributed by atoms with Crippen LogP contribution in [0.3, 0.4) is 0 Å². The van der Waals surface area contributed by atoms with Crippen LogP contribution in [0.5, 0.6) is 0 Å². The minimum Gasteiger partial charge on any atom is -0.378 e. The van der Waals surface area contributed by atoms with Gasteiger partial charge in [0, 0.05) is 76.3 Å². The molecule has 1 aliphatic heterocycles. The standard InChI is InChI=1S/C44H50N6PSi/c1-48(2)35-23-25-40-42(31-35)52(5,6)43-32-36(49(3)4)24-26-41(43)44(40)45-28-16-29-50-33-34(46-47-50)27-30-51(37-17-10-7-11-18-37,38-19-12-8-13-20-38)39-21-14-9-15-22-39/h7-15,17-26,31-33H,16,27-30H2,1-6H3/q+1/p+1. The van der Waals surface area contributed by atoms with E-state index in [-0.39, 0.29) is 0 Å². The third kappa shape index (κ3) is 6.88. The van der Waals surface area contributed by atoms with Gasteiger partial charge in [0.05, 0.1) is 11.9 Å². The van der Waals surface area contributed by atoms with Gasteiger partial charge in [-0.25, -0.2) is 4.99 Å². The van der Waals surface area contributed by atoms with Gasteiger partial charge in [0.15, 0.2) is 0 Å². The molecule has 52 heavy (non-hydrogen) atoms. The lowest BCUT2D eigenvalue weighted by atomic mass is 10.00. The minimum atomic E-state index is -1.95. The average molecular weight is 723 g/mol. The molecule has 0 spiro atoms. The van der Waals surface area contributed by atoms with E-state index in [1.165, 1.54) is 54.5 Å². The summed E-state index contributed by atoms with van der Waals surface area (Å²) in [4.78, 5) is 8.32. The second kappa shape index (κ2) is 15.0. The first kappa shape index (κ1) is 35.6. The van der Waals surface area contributed by atoms with Crippen LogP contribution in [0.25, 0.3) is 0 Å². The maximum absolute atomic E-state index is 4.69. The maximum Gasteiger partial charge on any atom is 0.212 e. The molecule has 0 saturated heterocycles. The Kier molecular flexibility index (Phi) is 10.3. The number of hydrogen-bond acceptors (Lipinski definition) is 4. The molecule has 0 amide bonds. The molecular formula is C44H51N6PSi+2. The highest BCUT2D eigenvalue weighted by Gasteiger charge is 2.45. The summed E-state index contributed by atoms with van der Waals surface area (Å²) in [5.74, 6) is 0. The van der Waals surface area contributed by atoms with Gasteiger partial charge in [0.25, 0.3) is 0 Å². The molecule has 7 rings (SSSR count). The number of benzene rings is 5. The highest BCUT2D eigenvalue weighted by atomic mass is 31.2. The Bertz CT molecular complexity index is 2000. The largest absolute Gasteiger partial charge is 0.378 e. The van der Waals surface area contributed by atoms with Gasteiger partial charge in [-0.2, -0.15) is 0 Å². The van der Waals surface area contributed by atoms with Gasteiger partial charge >= 0.3 is 0 Å². The molecule has 0 fully saturated rings. The van der Waals surface area contributed by atoms with Crippen molar-refractivity contribution in [3.05, 3.63) is 150 Å². The molecule has 264 valence electrons. The molecule has 1 N–H and O–H groups in total. The third-order valence-corrected chi connectivity index (χ3v) is 18.6. The summed E-state index contributed by atoms with van der Waals surface area (Å²) in [6, 6.07) is 47.3. The predicted molar refractivity (Wildman–Crippen MR) is 226 cm³/mol. The van der Waals surface area contributed by atoms with Crippen molar-refractivity contribution in [2.24, 2.45) is 0 Å². The van der Waals surface area contributed by atoms with Crippen LogP contribution in [0.2, 0.25) is 13.1 Å². The zero-order valence-electron chi connectivity index (χ0n) is 31.4. The number of hydrogen-bond donors (Lipinski definition) is 1. The van der Waals surface area contributed by atoms with Gasteiger partial charge in [0.1, 0.15) is 37.8 Å². The lowest BCUT2D eigenvalue weighted by molar-refractivity contribution is -0.456. The Hall–Kier alpha value is -4.84. The van der Waals surface area contributed by atoms with Crippen LogP contribution in [-0.4, -0.2) is 69.7 Å². The molecule has 0 radical (unpaired) electrons. The van der Waals surface area contributed by atoms with Crippen LogP contribution in [0, 0.1) is 0 Å². The van der Waals surface area contributed by atoms with E-state index >= 15 is 0 Å². The molecule has 1 aromatic heterocycles.